The van der Waals surface area contributed by atoms with Crippen LogP contribution in [0.3, 0.4) is 0 Å². The van der Waals surface area contributed by atoms with Gasteiger partial charge in [0.25, 0.3) is 5.89 Å². The lowest BCUT2D eigenvalue weighted by molar-refractivity contribution is -0.00115. The van der Waals surface area contributed by atoms with Crippen molar-refractivity contribution in [3.8, 4) is 28.7 Å². The summed E-state index contributed by atoms with van der Waals surface area (Å²) in [5.74, 6) is 1.69. The van der Waals surface area contributed by atoms with Crippen LogP contribution in [0.1, 0.15) is 17.4 Å². The van der Waals surface area contributed by atoms with Crippen LogP contribution in [0.25, 0.3) is 23.0 Å². The van der Waals surface area contributed by atoms with E-state index in [-0.39, 0.29) is 6.10 Å². The molecule has 0 saturated heterocycles. The van der Waals surface area contributed by atoms with Crippen molar-refractivity contribution in [2.75, 3.05) is 7.11 Å². The van der Waals surface area contributed by atoms with Crippen LogP contribution in [0.5, 0.6) is 5.75 Å². The maximum Gasteiger partial charge on any atom is 0.278 e. The largest absolute Gasteiger partial charge is 0.497 e. The molecule has 0 saturated carbocycles. The molecule has 1 aliphatic rings. The Bertz CT molecular complexity index is 1140. The number of fused-ring (bicyclic) bond motifs is 1. The third kappa shape index (κ3) is 3.50. The fraction of sp³-hybridized carbons (Fsp3) is 0.190. The van der Waals surface area contributed by atoms with Crippen LogP contribution in [0.2, 0.25) is 5.02 Å². The Morgan fingerprint density at radius 3 is 2.66 bits per heavy atom. The number of methoxy groups -OCH3 is 1. The molecule has 29 heavy (non-hydrogen) atoms. The van der Waals surface area contributed by atoms with Gasteiger partial charge >= 0.3 is 0 Å². The minimum absolute atomic E-state index is 0.0755. The van der Waals surface area contributed by atoms with E-state index in [2.05, 4.69) is 15.2 Å². The van der Waals surface area contributed by atoms with E-state index in [1.54, 1.807) is 19.2 Å². The Labute approximate surface area is 171 Å². The van der Waals surface area contributed by atoms with Gasteiger partial charge in [0.1, 0.15) is 11.9 Å². The average Bonchev–Trinajstić information content (AvgIpc) is 3.41. The number of nitrogens with zero attached hydrogens (tertiary/aromatic N) is 4. The molecular weight excluding hydrogens is 392 g/mol. The van der Waals surface area contributed by atoms with E-state index in [4.69, 9.17) is 25.6 Å². The number of halogens is 1. The zero-order valence-electron chi connectivity index (χ0n) is 15.6. The minimum Gasteiger partial charge on any atom is -0.497 e. The van der Waals surface area contributed by atoms with E-state index >= 15 is 0 Å². The van der Waals surface area contributed by atoms with Gasteiger partial charge < -0.3 is 14.0 Å². The van der Waals surface area contributed by atoms with Crippen LogP contribution in [-0.4, -0.2) is 27.0 Å². The van der Waals surface area contributed by atoms with Crippen molar-refractivity contribution < 1.29 is 14.0 Å². The van der Waals surface area contributed by atoms with E-state index in [9.17, 15) is 0 Å². The summed E-state index contributed by atoms with van der Waals surface area (Å²) in [7, 11) is 1.65. The Morgan fingerprint density at radius 1 is 1.10 bits per heavy atom. The Kier molecular flexibility index (Phi) is 4.54. The second kappa shape index (κ2) is 7.35. The van der Waals surface area contributed by atoms with E-state index in [0.717, 1.165) is 22.6 Å². The molecule has 2 aromatic heterocycles. The van der Waals surface area contributed by atoms with Crippen molar-refractivity contribution in [2.24, 2.45) is 0 Å². The van der Waals surface area contributed by atoms with Crippen molar-refractivity contribution >= 4 is 11.6 Å². The van der Waals surface area contributed by atoms with Crippen molar-refractivity contribution in [1.82, 2.24) is 19.9 Å². The van der Waals surface area contributed by atoms with Gasteiger partial charge in [0.2, 0.25) is 5.82 Å². The summed E-state index contributed by atoms with van der Waals surface area (Å²) in [5, 5.41) is 9.36. The molecule has 1 aliphatic heterocycles. The minimum atomic E-state index is -0.0755. The maximum absolute atomic E-state index is 6.02. The summed E-state index contributed by atoms with van der Waals surface area (Å²) < 4.78 is 18.6. The van der Waals surface area contributed by atoms with Gasteiger partial charge in [-0.1, -0.05) is 28.9 Å². The molecule has 2 aromatic carbocycles. The monoisotopic (exact) mass is 408 g/mol. The predicted octanol–water partition coefficient (Wildman–Crippen LogP) is 4.53. The van der Waals surface area contributed by atoms with Crippen LogP contribution in [0, 0.1) is 0 Å². The number of hydrogen-bond acceptors (Lipinski definition) is 6. The highest BCUT2D eigenvalue weighted by Gasteiger charge is 2.24. The molecule has 1 unspecified atom stereocenters. The normalized spacial score (nSPS) is 15.9. The fourth-order valence-electron chi connectivity index (χ4n) is 3.29. The molecule has 0 bridgehead atoms. The smallest absolute Gasteiger partial charge is 0.278 e. The summed E-state index contributed by atoms with van der Waals surface area (Å²) in [6.07, 6.45) is -0.0755. The number of benzene rings is 2. The second-order valence-electron chi connectivity index (χ2n) is 6.71. The van der Waals surface area contributed by atoms with Gasteiger partial charge in [-0.3, -0.25) is 4.68 Å². The van der Waals surface area contributed by atoms with Gasteiger partial charge in [0.15, 0.2) is 5.69 Å². The molecule has 0 amide bonds. The molecule has 0 spiro atoms. The number of aromatic nitrogens is 4. The highest BCUT2D eigenvalue weighted by molar-refractivity contribution is 6.30. The predicted molar refractivity (Wildman–Crippen MR) is 106 cm³/mol. The first-order chi connectivity index (χ1) is 14.2. The second-order valence-corrected chi connectivity index (χ2v) is 7.14. The van der Waals surface area contributed by atoms with Crippen LogP contribution < -0.4 is 4.74 Å². The molecule has 1 atom stereocenters. The Morgan fingerprint density at radius 2 is 1.90 bits per heavy atom. The van der Waals surface area contributed by atoms with Crippen LogP contribution >= 0.6 is 11.6 Å². The van der Waals surface area contributed by atoms with Gasteiger partial charge in [0, 0.05) is 10.6 Å². The topological polar surface area (TPSA) is 75.2 Å². The van der Waals surface area contributed by atoms with Crippen molar-refractivity contribution in [2.45, 2.75) is 19.3 Å². The molecule has 0 radical (unpaired) electrons. The molecule has 0 N–H and O–H groups in total. The molecule has 5 rings (SSSR count). The molecule has 3 heterocycles. The first kappa shape index (κ1) is 17.9. The molecule has 0 aliphatic carbocycles. The zero-order valence-corrected chi connectivity index (χ0v) is 16.3. The lowest BCUT2D eigenvalue weighted by Crippen LogP contribution is -2.21. The summed E-state index contributed by atoms with van der Waals surface area (Å²) >= 11 is 5.93. The summed E-state index contributed by atoms with van der Waals surface area (Å²) in [5.41, 5.74) is 3.51. The van der Waals surface area contributed by atoms with E-state index < -0.39 is 0 Å². The Balaban J connectivity index is 1.37. The zero-order chi connectivity index (χ0) is 19.8. The van der Waals surface area contributed by atoms with Crippen molar-refractivity contribution in [1.29, 1.82) is 0 Å². The highest BCUT2D eigenvalue weighted by atomic mass is 35.5. The molecule has 4 aromatic rings. The first-order valence-electron chi connectivity index (χ1n) is 9.12. The number of ether oxygens (including phenoxy) is 2. The van der Waals surface area contributed by atoms with Crippen LogP contribution in [0.4, 0.5) is 0 Å². The standard InChI is InChI=1S/C21H17ClN4O3/c1-27-17-8-4-13(5-9-17)19-11-26-16(12-28-19)10-18(24-26)21-23-20(25-29-21)14-2-6-15(22)7-3-14/h2-10,19H,11-12H2,1H3. The quantitative estimate of drug-likeness (QED) is 0.493. The van der Waals surface area contributed by atoms with Gasteiger partial charge in [0.05, 0.1) is 26.0 Å². The number of hydrogen-bond donors (Lipinski definition) is 0. The lowest BCUT2D eigenvalue weighted by Gasteiger charge is -2.24. The first-order valence-corrected chi connectivity index (χ1v) is 9.50. The van der Waals surface area contributed by atoms with E-state index in [0.29, 0.717) is 35.6 Å². The van der Waals surface area contributed by atoms with Crippen molar-refractivity contribution in [3.05, 3.63) is 70.9 Å². The van der Waals surface area contributed by atoms with Gasteiger partial charge in [-0.15, -0.1) is 0 Å². The summed E-state index contributed by atoms with van der Waals surface area (Å²) in [4.78, 5) is 4.47. The molecular formula is C21H17ClN4O3. The summed E-state index contributed by atoms with van der Waals surface area (Å²) in [6.45, 7) is 1.07. The Hall–Kier alpha value is -3.16. The van der Waals surface area contributed by atoms with Crippen LogP contribution in [0.15, 0.2) is 59.1 Å². The average molecular weight is 409 g/mol. The van der Waals surface area contributed by atoms with Gasteiger partial charge in [-0.05, 0) is 48.0 Å². The third-order valence-electron chi connectivity index (χ3n) is 4.87. The molecule has 8 heteroatoms. The SMILES string of the molecule is COc1ccc(C2Cn3nc(-c4nc(-c5ccc(Cl)cc5)no4)cc3CO2)cc1. The van der Waals surface area contributed by atoms with Crippen LogP contribution in [-0.2, 0) is 17.9 Å². The molecule has 7 nitrogen and oxygen atoms in total. The van der Waals surface area contributed by atoms with Crippen molar-refractivity contribution in [3.63, 3.8) is 0 Å². The third-order valence-corrected chi connectivity index (χ3v) is 5.12. The highest BCUT2D eigenvalue weighted by Crippen LogP contribution is 2.30. The summed E-state index contributed by atoms with van der Waals surface area (Å²) in [6, 6.07) is 17.1. The van der Waals surface area contributed by atoms with Gasteiger partial charge in [-0.25, -0.2) is 0 Å². The maximum atomic E-state index is 6.02. The van der Waals surface area contributed by atoms with E-state index in [1.807, 2.05) is 47.1 Å². The van der Waals surface area contributed by atoms with Gasteiger partial charge in [-0.2, -0.15) is 10.1 Å². The molecule has 146 valence electrons. The lowest BCUT2D eigenvalue weighted by atomic mass is 10.1. The number of rotatable bonds is 4. The fourth-order valence-corrected chi connectivity index (χ4v) is 3.42. The molecule has 0 fully saturated rings. The van der Waals surface area contributed by atoms with E-state index in [1.165, 1.54) is 0 Å².